The van der Waals surface area contributed by atoms with E-state index in [1.807, 2.05) is 30.5 Å². The second kappa shape index (κ2) is 7.25. The lowest BCUT2D eigenvalue weighted by atomic mass is 10.1. The lowest BCUT2D eigenvalue weighted by molar-refractivity contribution is 0.0601. The summed E-state index contributed by atoms with van der Waals surface area (Å²) in [7, 11) is 1.31. The molecule has 0 aliphatic carbocycles. The van der Waals surface area contributed by atoms with E-state index in [4.69, 9.17) is 17.0 Å². The molecule has 2 aromatic carbocycles. The van der Waals surface area contributed by atoms with Crippen LogP contribution in [0.15, 0.2) is 52.2 Å². The molecule has 0 spiro atoms. The number of H-pyrrole nitrogens is 1. The first kappa shape index (κ1) is 17.4. The predicted molar refractivity (Wildman–Crippen MR) is 102 cm³/mol. The number of rotatable bonds is 4. The van der Waals surface area contributed by atoms with Gasteiger partial charge in [0.15, 0.2) is 4.77 Å². The van der Waals surface area contributed by atoms with Gasteiger partial charge in [0.05, 0.1) is 30.1 Å². The molecule has 0 amide bonds. The second-order valence-corrected chi connectivity index (χ2v) is 6.69. The van der Waals surface area contributed by atoms with E-state index in [0.717, 1.165) is 10.5 Å². The van der Waals surface area contributed by atoms with Crippen LogP contribution in [0.3, 0.4) is 0 Å². The lowest BCUT2D eigenvalue weighted by Gasteiger charge is -2.09. The van der Waals surface area contributed by atoms with Crippen molar-refractivity contribution in [1.82, 2.24) is 9.55 Å². The molecule has 0 aliphatic rings. The molecular weight excluding hydrogens is 356 g/mol. The molecule has 1 aromatic heterocycles. The van der Waals surface area contributed by atoms with Crippen molar-refractivity contribution in [2.75, 3.05) is 13.4 Å². The zero-order valence-electron chi connectivity index (χ0n) is 13.7. The Morgan fingerprint density at radius 2 is 1.96 bits per heavy atom. The van der Waals surface area contributed by atoms with Crippen molar-refractivity contribution >= 4 is 40.9 Å². The van der Waals surface area contributed by atoms with Crippen molar-refractivity contribution in [2.45, 2.75) is 11.4 Å². The Balaban J connectivity index is 2.05. The predicted octanol–water partition coefficient (Wildman–Crippen LogP) is 3.62. The summed E-state index contributed by atoms with van der Waals surface area (Å²) in [5.41, 5.74) is 1.69. The van der Waals surface area contributed by atoms with E-state index in [9.17, 15) is 9.59 Å². The van der Waals surface area contributed by atoms with Crippen LogP contribution in [0.5, 0.6) is 0 Å². The number of ether oxygens (including phenoxy) is 1. The number of methoxy groups -OCH3 is 1. The largest absolute Gasteiger partial charge is 0.465 e. The number of thioether (sulfide) groups is 1. The molecule has 0 radical (unpaired) electrons. The number of hydrogen-bond donors (Lipinski definition) is 1. The Bertz CT molecular complexity index is 1050. The van der Waals surface area contributed by atoms with Crippen LogP contribution in [0.4, 0.5) is 0 Å². The van der Waals surface area contributed by atoms with Crippen LogP contribution >= 0.6 is 24.0 Å². The number of fused-ring (bicyclic) bond motifs is 1. The third-order valence-corrected chi connectivity index (χ3v) is 4.97. The molecule has 0 aliphatic heterocycles. The van der Waals surface area contributed by atoms with E-state index in [1.54, 1.807) is 30.0 Å². The Morgan fingerprint density at radius 1 is 1.24 bits per heavy atom. The third-order valence-electron chi connectivity index (χ3n) is 3.90. The minimum atomic E-state index is -0.459. The van der Waals surface area contributed by atoms with Crippen molar-refractivity contribution in [1.29, 1.82) is 0 Å². The van der Waals surface area contributed by atoms with Gasteiger partial charge < -0.3 is 9.72 Å². The molecule has 25 heavy (non-hydrogen) atoms. The molecule has 128 valence electrons. The van der Waals surface area contributed by atoms with Crippen LogP contribution in [-0.2, 0) is 11.3 Å². The van der Waals surface area contributed by atoms with E-state index >= 15 is 0 Å². The second-order valence-electron chi connectivity index (χ2n) is 5.42. The number of esters is 1. The van der Waals surface area contributed by atoms with Crippen LogP contribution < -0.4 is 5.56 Å². The highest BCUT2D eigenvalue weighted by Gasteiger charge is 2.10. The molecule has 0 fully saturated rings. The molecule has 0 unspecified atom stereocenters. The molecule has 0 bridgehead atoms. The van der Waals surface area contributed by atoms with E-state index in [1.165, 1.54) is 11.7 Å². The minimum absolute atomic E-state index is 0.191. The summed E-state index contributed by atoms with van der Waals surface area (Å²) in [6, 6.07) is 12.8. The third kappa shape index (κ3) is 3.52. The fourth-order valence-electron chi connectivity index (χ4n) is 2.56. The normalized spacial score (nSPS) is 10.8. The van der Waals surface area contributed by atoms with Gasteiger partial charge in [0, 0.05) is 4.90 Å². The Kier molecular flexibility index (Phi) is 5.06. The number of nitrogens with one attached hydrogen (secondary N) is 1. The zero-order chi connectivity index (χ0) is 18.0. The monoisotopic (exact) mass is 372 g/mol. The topological polar surface area (TPSA) is 64.1 Å². The van der Waals surface area contributed by atoms with Crippen LogP contribution in [0.25, 0.3) is 10.9 Å². The van der Waals surface area contributed by atoms with Gasteiger partial charge in [-0.15, -0.1) is 11.8 Å². The standard InChI is InChI=1S/C18H16N2O3S2/c1-23-17(22)12-5-8-14-15(9-12)19-18(24)20(16(14)21)10-11-3-6-13(25-2)7-4-11/h3-9H,10H2,1-2H3,(H,19,24). The SMILES string of the molecule is COC(=O)c1ccc2c(=O)n(Cc3ccc(SC)cc3)c(=S)[nH]c2c1. The van der Waals surface area contributed by atoms with Crippen molar-refractivity contribution in [2.24, 2.45) is 0 Å². The number of nitrogens with zero attached hydrogens (tertiary/aromatic N) is 1. The first-order valence-corrected chi connectivity index (χ1v) is 9.15. The van der Waals surface area contributed by atoms with Gasteiger partial charge in [0.1, 0.15) is 0 Å². The number of aromatic nitrogens is 2. The van der Waals surface area contributed by atoms with E-state index in [-0.39, 0.29) is 5.56 Å². The average Bonchev–Trinajstić information content (AvgIpc) is 2.64. The minimum Gasteiger partial charge on any atom is -0.465 e. The van der Waals surface area contributed by atoms with Gasteiger partial charge in [0.25, 0.3) is 5.56 Å². The molecule has 1 heterocycles. The number of hydrogen-bond acceptors (Lipinski definition) is 5. The summed E-state index contributed by atoms with van der Waals surface area (Å²) in [6.07, 6.45) is 2.02. The van der Waals surface area contributed by atoms with Crippen LogP contribution in [-0.4, -0.2) is 28.9 Å². The van der Waals surface area contributed by atoms with Gasteiger partial charge in [-0.3, -0.25) is 9.36 Å². The van der Waals surface area contributed by atoms with Gasteiger partial charge in [-0.1, -0.05) is 12.1 Å². The van der Waals surface area contributed by atoms with Gasteiger partial charge in [-0.25, -0.2) is 4.79 Å². The fourth-order valence-corrected chi connectivity index (χ4v) is 3.22. The number of carbonyl (C=O) groups is 1. The van der Waals surface area contributed by atoms with Crippen LogP contribution in [0, 0.1) is 4.77 Å². The van der Waals surface area contributed by atoms with Gasteiger partial charge in [0.2, 0.25) is 0 Å². The maximum absolute atomic E-state index is 12.8. The molecule has 0 atom stereocenters. The maximum Gasteiger partial charge on any atom is 0.337 e. The summed E-state index contributed by atoms with van der Waals surface area (Å²) in [6.45, 7) is 0.386. The van der Waals surface area contributed by atoms with Crippen molar-refractivity contribution < 1.29 is 9.53 Å². The molecule has 0 saturated carbocycles. The van der Waals surface area contributed by atoms with E-state index in [0.29, 0.717) is 27.8 Å². The number of aromatic amines is 1. The summed E-state index contributed by atoms with van der Waals surface area (Å²) in [5.74, 6) is -0.459. The Hall–Kier alpha value is -2.38. The molecule has 7 heteroatoms. The molecule has 3 rings (SSSR count). The molecular formula is C18H16N2O3S2. The number of benzene rings is 2. The highest BCUT2D eigenvalue weighted by atomic mass is 32.2. The summed E-state index contributed by atoms with van der Waals surface area (Å²) >= 11 is 7.00. The van der Waals surface area contributed by atoms with E-state index in [2.05, 4.69) is 4.98 Å². The maximum atomic E-state index is 12.8. The molecule has 3 aromatic rings. The summed E-state index contributed by atoms with van der Waals surface area (Å²) < 4.78 is 6.53. The molecule has 5 nitrogen and oxygen atoms in total. The van der Waals surface area contributed by atoms with Gasteiger partial charge >= 0.3 is 5.97 Å². The van der Waals surface area contributed by atoms with Crippen LogP contribution in [0.2, 0.25) is 0 Å². The number of carbonyl (C=O) groups excluding carboxylic acids is 1. The quantitative estimate of drug-likeness (QED) is 0.431. The smallest absolute Gasteiger partial charge is 0.337 e. The van der Waals surface area contributed by atoms with Crippen molar-refractivity contribution in [3.05, 3.63) is 68.7 Å². The zero-order valence-corrected chi connectivity index (χ0v) is 15.4. The highest BCUT2D eigenvalue weighted by molar-refractivity contribution is 7.98. The van der Waals surface area contributed by atoms with Crippen molar-refractivity contribution in [3.8, 4) is 0 Å². The molecule has 0 saturated heterocycles. The average molecular weight is 372 g/mol. The van der Waals surface area contributed by atoms with Gasteiger partial charge in [-0.05, 0) is 54.4 Å². The Labute approximate surface area is 153 Å². The summed E-state index contributed by atoms with van der Waals surface area (Å²) in [4.78, 5) is 28.6. The molecule has 1 N–H and O–H groups in total. The van der Waals surface area contributed by atoms with Gasteiger partial charge in [-0.2, -0.15) is 0 Å². The lowest BCUT2D eigenvalue weighted by Crippen LogP contribution is -2.23. The highest BCUT2D eigenvalue weighted by Crippen LogP contribution is 2.16. The van der Waals surface area contributed by atoms with Crippen LogP contribution in [0.1, 0.15) is 15.9 Å². The first-order valence-electron chi connectivity index (χ1n) is 7.51. The van der Waals surface area contributed by atoms with Crippen molar-refractivity contribution in [3.63, 3.8) is 0 Å². The first-order chi connectivity index (χ1) is 12.0. The summed E-state index contributed by atoms with van der Waals surface area (Å²) in [5, 5.41) is 0.474. The Morgan fingerprint density at radius 3 is 2.60 bits per heavy atom. The fraction of sp³-hybridized carbons (Fsp3) is 0.167. The van der Waals surface area contributed by atoms with E-state index < -0.39 is 5.97 Å².